The van der Waals surface area contributed by atoms with E-state index in [-0.39, 0.29) is 0 Å². The quantitative estimate of drug-likeness (QED) is 0.238. The van der Waals surface area contributed by atoms with Crippen molar-refractivity contribution in [2.24, 2.45) is 0 Å². The number of hydrogen-bond donors (Lipinski definition) is 0. The standard InChI is InChI=1S/C24H28N2O3/c1-4-7-8-9-11-18-16-25-23(26-17-18)19-12-14-20(15-13-19)24(28)29-22(10-5-2)21(27)6-3/h3,12-17,22H,4-5,7-11H2,1-2H3. The maximum atomic E-state index is 12.3. The third-order valence-electron chi connectivity index (χ3n) is 4.64. The number of terminal acetylenes is 1. The number of nitrogens with zero attached hydrogens (tertiary/aromatic N) is 2. The zero-order chi connectivity index (χ0) is 21.1. The second-order valence-electron chi connectivity index (χ2n) is 6.99. The first kappa shape index (κ1) is 22.3. The van der Waals surface area contributed by atoms with Crippen LogP contribution in [0, 0.1) is 12.3 Å². The minimum atomic E-state index is -0.898. The van der Waals surface area contributed by atoms with E-state index in [0.717, 1.165) is 24.0 Å². The summed E-state index contributed by atoms with van der Waals surface area (Å²) >= 11 is 0. The normalized spacial score (nSPS) is 11.5. The van der Waals surface area contributed by atoms with Crippen molar-refractivity contribution in [1.82, 2.24) is 9.97 Å². The fourth-order valence-corrected chi connectivity index (χ4v) is 2.94. The van der Waals surface area contributed by atoms with E-state index in [1.54, 1.807) is 24.3 Å². The lowest BCUT2D eigenvalue weighted by molar-refractivity contribution is -0.122. The highest BCUT2D eigenvalue weighted by Gasteiger charge is 2.21. The van der Waals surface area contributed by atoms with Crippen LogP contribution in [0.25, 0.3) is 11.4 Å². The SMILES string of the molecule is C#CC(=O)C(CCC)OC(=O)c1ccc(-c2ncc(CCCCCC)cn2)cc1. The zero-order valence-electron chi connectivity index (χ0n) is 17.2. The summed E-state index contributed by atoms with van der Waals surface area (Å²) in [6, 6.07) is 6.82. The van der Waals surface area contributed by atoms with Gasteiger partial charge in [-0.15, -0.1) is 6.42 Å². The van der Waals surface area contributed by atoms with Crippen LogP contribution in [0.2, 0.25) is 0 Å². The third-order valence-corrected chi connectivity index (χ3v) is 4.64. The molecule has 5 heteroatoms. The van der Waals surface area contributed by atoms with Crippen molar-refractivity contribution in [2.45, 2.75) is 64.9 Å². The highest BCUT2D eigenvalue weighted by atomic mass is 16.5. The molecule has 0 spiro atoms. The van der Waals surface area contributed by atoms with Crippen LogP contribution in [-0.2, 0) is 16.0 Å². The van der Waals surface area contributed by atoms with Gasteiger partial charge in [-0.1, -0.05) is 51.7 Å². The average Bonchev–Trinajstić information content (AvgIpc) is 2.76. The van der Waals surface area contributed by atoms with Gasteiger partial charge in [-0.3, -0.25) is 4.79 Å². The van der Waals surface area contributed by atoms with Crippen LogP contribution in [0.15, 0.2) is 36.7 Å². The second-order valence-corrected chi connectivity index (χ2v) is 6.99. The molecule has 1 aromatic heterocycles. The number of hydrogen-bond acceptors (Lipinski definition) is 5. The number of aromatic nitrogens is 2. The first-order chi connectivity index (χ1) is 14.1. The van der Waals surface area contributed by atoms with E-state index in [4.69, 9.17) is 11.2 Å². The molecule has 1 atom stereocenters. The smallest absolute Gasteiger partial charge is 0.338 e. The maximum absolute atomic E-state index is 12.3. The van der Waals surface area contributed by atoms with Crippen LogP contribution in [-0.4, -0.2) is 27.8 Å². The first-order valence-electron chi connectivity index (χ1n) is 10.2. The van der Waals surface area contributed by atoms with Gasteiger partial charge in [-0.2, -0.15) is 0 Å². The molecule has 0 saturated heterocycles. The van der Waals surface area contributed by atoms with Crippen LogP contribution in [0.1, 0.15) is 68.3 Å². The number of esters is 1. The van der Waals surface area contributed by atoms with Gasteiger partial charge >= 0.3 is 5.97 Å². The summed E-state index contributed by atoms with van der Waals surface area (Å²) in [4.78, 5) is 32.9. The summed E-state index contributed by atoms with van der Waals surface area (Å²) in [5.74, 6) is 1.55. The molecule has 0 saturated carbocycles. The first-order valence-corrected chi connectivity index (χ1v) is 10.2. The second kappa shape index (κ2) is 11.8. The lowest BCUT2D eigenvalue weighted by Crippen LogP contribution is -2.26. The van der Waals surface area contributed by atoms with E-state index in [2.05, 4.69) is 16.9 Å². The molecule has 152 valence electrons. The van der Waals surface area contributed by atoms with Crippen molar-refractivity contribution in [2.75, 3.05) is 0 Å². The molecule has 0 amide bonds. The van der Waals surface area contributed by atoms with Gasteiger partial charge in [0, 0.05) is 18.0 Å². The van der Waals surface area contributed by atoms with Crippen molar-refractivity contribution >= 4 is 11.8 Å². The predicted molar refractivity (Wildman–Crippen MR) is 113 cm³/mol. The molecular weight excluding hydrogens is 364 g/mol. The van der Waals surface area contributed by atoms with E-state index in [9.17, 15) is 9.59 Å². The lowest BCUT2D eigenvalue weighted by atomic mass is 10.1. The minimum absolute atomic E-state index is 0.354. The van der Waals surface area contributed by atoms with E-state index < -0.39 is 17.9 Å². The fourth-order valence-electron chi connectivity index (χ4n) is 2.94. The molecule has 0 fully saturated rings. The number of unbranched alkanes of at least 4 members (excludes halogenated alkanes) is 3. The molecular formula is C24H28N2O3. The molecule has 29 heavy (non-hydrogen) atoms. The van der Waals surface area contributed by atoms with Crippen LogP contribution >= 0.6 is 0 Å². The Kier molecular flexibility index (Phi) is 9.04. The predicted octanol–water partition coefficient (Wildman–Crippen LogP) is 4.79. The van der Waals surface area contributed by atoms with E-state index >= 15 is 0 Å². The Bertz CT molecular complexity index is 836. The highest BCUT2D eigenvalue weighted by Crippen LogP contribution is 2.17. The molecule has 2 aromatic rings. The van der Waals surface area contributed by atoms with Crippen molar-refractivity contribution in [3.63, 3.8) is 0 Å². The largest absolute Gasteiger partial charge is 0.450 e. The van der Waals surface area contributed by atoms with Crippen LogP contribution in [0.3, 0.4) is 0 Å². The molecule has 0 aliphatic heterocycles. The summed E-state index contributed by atoms with van der Waals surface area (Å²) in [6.07, 6.45) is 14.9. The summed E-state index contributed by atoms with van der Waals surface area (Å²) < 4.78 is 5.28. The third kappa shape index (κ3) is 6.83. The van der Waals surface area contributed by atoms with Gasteiger partial charge in [0.25, 0.3) is 0 Å². The monoisotopic (exact) mass is 392 g/mol. The fraction of sp³-hybridized carbons (Fsp3) is 0.417. The number of carbonyl (C=O) groups is 2. The number of ether oxygens (including phenoxy) is 1. The van der Waals surface area contributed by atoms with Crippen molar-refractivity contribution in [3.05, 3.63) is 47.8 Å². The Hall–Kier alpha value is -3.00. The number of rotatable bonds is 11. The number of carbonyl (C=O) groups excluding carboxylic acids is 2. The van der Waals surface area contributed by atoms with Crippen LogP contribution in [0.5, 0.6) is 0 Å². The summed E-state index contributed by atoms with van der Waals surface area (Å²) in [5.41, 5.74) is 2.29. The Morgan fingerprint density at radius 3 is 2.31 bits per heavy atom. The summed E-state index contributed by atoms with van der Waals surface area (Å²) in [7, 11) is 0. The molecule has 0 bridgehead atoms. The Labute approximate surface area is 172 Å². The van der Waals surface area contributed by atoms with Gasteiger partial charge in [0.2, 0.25) is 5.78 Å². The van der Waals surface area contributed by atoms with Gasteiger partial charge < -0.3 is 4.74 Å². The molecule has 0 aliphatic rings. The van der Waals surface area contributed by atoms with E-state index in [1.165, 1.54) is 19.3 Å². The van der Waals surface area contributed by atoms with E-state index in [0.29, 0.717) is 24.2 Å². The molecule has 0 N–H and O–H groups in total. The molecule has 2 rings (SSSR count). The van der Waals surface area contributed by atoms with Gasteiger partial charge in [-0.05, 0) is 42.9 Å². The molecule has 1 aromatic carbocycles. The Balaban J connectivity index is 1.99. The molecule has 0 radical (unpaired) electrons. The van der Waals surface area contributed by atoms with Gasteiger partial charge in [0.15, 0.2) is 11.9 Å². The topological polar surface area (TPSA) is 69.2 Å². The van der Waals surface area contributed by atoms with Crippen molar-refractivity contribution < 1.29 is 14.3 Å². The van der Waals surface area contributed by atoms with E-state index in [1.807, 2.05) is 25.2 Å². The molecule has 5 nitrogen and oxygen atoms in total. The number of Topliss-reactive ketones (excluding diaryl/α,β-unsaturated/α-hetero) is 1. The molecule has 1 heterocycles. The van der Waals surface area contributed by atoms with Crippen LogP contribution in [0.4, 0.5) is 0 Å². The average molecular weight is 392 g/mol. The molecule has 0 aliphatic carbocycles. The number of aryl methyl sites for hydroxylation is 1. The lowest BCUT2D eigenvalue weighted by Gasteiger charge is -2.13. The van der Waals surface area contributed by atoms with Gasteiger partial charge in [-0.25, -0.2) is 14.8 Å². The molecule has 1 unspecified atom stereocenters. The van der Waals surface area contributed by atoms with Crippen molar-refractivity contribution in [3.8, 4) is 23.7 Å². The van der Waals surface area contributed by atoms with Gasteiger partial charge in [0.05, 0.1) is 5.56 Å². The van der Waals surface area contributed by atoms with Crippen LogP contribution < -0.4 is 0 Å². The number of ketones is 1. The van der Waals surface area contributed by atoms with Gasteiger partial charge in [0.1, 0.15) is 0 Å². The summed E-state index contributed by atoms with van der Waals surface area (Å²) in [5, 5.41) is 0. The van der Waals surface area contributed by atoms with Crippen molar-refractivity contribution in [1.29, 1.82) is 0 Å². The Morgan fingerprint density at radius 1 is 1.03 bits per heavy atom. The minimum Gasteiger partial charge on any atom is -0.450 e. The Morgan fingerprint density at radius 2 is 1.72 bits per heavy atom. The number of benzene rings is 1. The highest BCUT2D eigenvalue weighted by molar-refractivity contribution is 6.00. The zero-order valence-corrected chi connectivity index (χ0v) is 17.2. The maximum Gasteiger partial charge on any atom is 0.338 e. The summed E-state index contributed by atoms with van der Waals surface area (Å²) in [6.45, 7) is 4.10.